The highest BCUT2D eigenvalue weighted by Crippen LogP contribution is 2.14. The molecule has 0 aliphatic heterocycles. The van der Waals surface area contributed by atoms with Crippen LogP contribution in [0.4, 0.5) is 0 Å². The van der Waals surface area contributed by atoms with Crippen molar-refractivity contribution < 1.29 is 0 Å². The van der Waals surface area contributed by atoms with Crippen molar-refractivity contribution in [1.29, 1.82) is 0 Å². The molecule has 0 radical (unpaired) electrons. The number of hydrogen-bond acceptors (Lipinski definition) is 2. The third-order valence-corrected chi connectivity index (χ3v) is 3.66. The average Bonchev–Trinajstić information content (AvgIpc) is 2.31. The van der Waals surface area contributed by atoms with Crippen LogP contribution in [0.25, 0.3) is 0 Å². The molecule has 3 heteroatoms. The highest BCUT2D eigenvalue weighted by molar-refractivity contribution is 6.31. The third kappa shape index (κ3) is 5.38. The Morgan fingerprint density at radius 2 is 1.89 bits per heavy atom. The lowest BCUT2D eigenvalue weighted by Crippen LogP contribution is -2.40. The van der Waals surface area contributed by atoms with Crippen LogP contribution in [-0.4, -0.2) is 37.1 Å². The highest BCUT2D eigenvalue weighted by Gasteiger charge is 2.08. The Morgan fingerprint density at radius 3 is 2.50 bits per heavy atom. The van der Waals surface area contributed by atoms with E-state index in [-0.39, 0.29) is 0 Å². The Labute approximate surface area is 116 Å². The molecule has 0 aromatic heterocycles. The minimum atomic E-state index is 0.500. The number of nitrogens with zero attached hydrogens (tertiary/aromatic N) is 1. The van der Waals surface area contributed by atoms with Crippen LogP contribution in [0.3, 0.4) is 0 Å². The molecule has 0 bridgehead atoms. The fraction of sp³-hybridized carbons (Fsp3) is 0.600. The fourth-order valence-corrected chi connectivity index (χ4v) is 2.09. The molecule has 0 aliphatic carbocycles. The predicted molar refractivity (Wildman–Crippen MR) is 80.4 cm³/mol. The van der Waals surface area contributed by atoms with Crippen molar-refractivity contribution in [3.8, 4) is 0 Å². The van der Waals surface area contributed by atoms with Crippen molar-refractivity contribution in [3.05, 3.63) is 34.9 Å². The van der Waals surface area contributed by atoms with Gasteiger partial charge in [0.05, 0.1) is 0 Å². The molecule has 0 heterocycles. The van der Waals surface area contributed by atoms with Crippen LogP contribution in [0.15, 0.2) is 24.3 Å². The van der Waals surface area contributed by atoms with E-state index in [0.29, 0.717) is 12.1 Å². The molecule has 1 rings (SSSR count). The molecule has 1 N–H and O–H groups in total. The Hall–Kier alpha value is -0.570. The van der Waals surface area contributed by atoms with E-state index >= 15 is 0 Å². The molecule has 0 saturated carbocycles. The van der Waals surface area contributed by atoms with Gasteiger partial charge in [-0.3, -0.25) is 0 Å². The molecule has 0 saturated heterocycles. The predicted octanol–water partition coefficient (Wildman–Crippen LogP) is 3.20. The highest BCUT2D eigenvalue weighted by atomic mass is 35.5. The number of halogens is 1. The second-order valence-electron chi connectivity index (χ2n) is 5.23. The van der Waals surface area contributed by atoms with Crippen LogP contribution in [0, 0.1) is 0 Å². The normalized spacial score (nSPS) is 13.3. The molecule has 1 aromatic carbocycles. The van der Waals surface area contributed by atoms with Crippen molar-refractivity contribution in [2.24, 2.45) is 0 Å². The summed E-state index contributed by atoms with van der Waals surface area (Å²) in [6, 6.07) is 9.15. The summed E-state index contributed by atoms with van der Waals surface area (Å²) in [5.74, 6) is 0. The van der Waals surface area contributed by atoms with Gasteiger partial charge in [0.2, 0.25) is 0 Å². The zero-order valence-corrected chi connectivity index (χ0v) is 12.7. The lowest BCUT2D eigenvalue weighted by molar-refractivity contribution is 0.247. The zero-order chi connectivity index (χ0) is 13.5. The molecule has 1 atom stereocenters. The second-order valence-corrected chi connectivity index (χ2v) is 5.64. The van der Waals surface area contributed by atoms with Gasteiger partial charge in [0.15, 0.2) is 0 Å². The van der Waals surface area contributed by atoms with Gasteiger partial charge in [-0.2, -0.15) is 0 Å². The van der Waals surface area contributed by atoms with Gasteiger partial charge in [-0.05, 0) is 52.4 Å². The average molecular weight is 269 g/mol. The zero-order valence-electron chi connectivity index (χ0n) is 11.9. The molecule has 0 spiro atoms. The van der Waals surface area contributed by atoms with Crippen LogP contribution < -0.4 is 5.32 Å². The second kappa shape index (κ2) is 7.78. The van der Waals surface area contributed by atoms with Gasteiger partial charge >= 0.3 is 0 Å². The molecule has 1 unspecified atom stereocenters. The summed E-state index contributed by atoms with van der Waals surface area (Å²) in [5.41, 5.74) is 1.22. The summed E-state index contributed by atoms with van der Waals surface area (Å²) in [6.45, 7) is 8.70. The summed E-state index contributed by atoms with van der Waals surface area (Å²) in [7, 11) is 2.16. The molecule has 0 amide bonds. The topological polar surface area (TPSA) is 15.3 Å². The van der Waals surface area contributed by atoms with E-state index in [4.69, 9.17) is 11.6 Å². The molecule has 2 nitrogen and oxygen atoms in total. The number of nitrogens with one attached hydrogen (secondary N) is 1. The van der Waals surface area contributed by atoms with Crippen LogP contribution in [0.1, 0.15) is 26.3 Å². The standard InChI is InChI=1S/C15H25ClN2/c1-12(2)18(4)11-13(3)17-10-9-14-7-5-6-8-15(14)16/h5-8,12-13,17H,9-11H2,1-4H3. The van der Waals surface area contributed by atoms with Crippen molar-refractivity contribution in [3.63, 3.8) is 0 Å². The molecular weight excluding hydrogens is 244 g/mol. The summed E-state index contributed by atoms with van der Waals surface area (Å²) < 4.78 is 0. The minimum Gasteiger partial charge on any atom is -0.313 e. The molecule has 18 heavy (non-hydrogen) atoms. The third-order valence-electron chi connectivity index (χ3n) is 3.29. The Bertz CT molecular complexity index is 352. The Morgan fingerprint density at radius 1 is 1.22 bits per heavy atom. The summed E-state index contributed by atoms with van der Waals surface area (Å²) in [5, 5.41) is 4.41. The van der Waals surface area contributed by atoms with Crippen molar-refractivity contribution in [2.45, 2.75) is 39.3 Å². The maximum absolute atomic E-state index is 6.13. The molecule has 102 valence electrons. The van der Waals surface area contributed by atoms with E-state index in [0.717, 1.165) is 24.5 Å². The molecule has 1 aromatic rings. The Balaban J connectivity index is 2.27. The van der Waals surface area contributed by atoms with Crippen LogP contribution in [0.5, 0.6) is 0 Å². The summed E-state index contributed by atoms with van der Waals surface area (Å²) in [4.78, 5) is 2.35. The van der Waals surface area contributed by atoms with Gasteiger partial charge in [-0.25, -0.2) is 0 Å². The maximum Gasteiger partial charge on any atom is 0.0438 e. The first kappa shape index (κ1) is 15.5. The van der Waals surface area contributed by atoms with E-state index < -0.39 is 0 Å². The minimum absolute atomic E-state index is 0.500. The first-order chi connectivity index (χ1) is 8.50. The van der Waals surface area contributed by atoms with Gasteiger partial charge in [0, 0.05) is 23.7 Å². The number of rotatable bonds is 7. The fourth-order valence-electron chi connectivity index (χ4n) is 1.86. The number of likely N-dealkylation sites (N-methyl/N-ethyl adjacent to an activating group) is 1. The van der Waals surface area contributed by atoms with E-state index in [1.807, 2.05) is 18.2 Å². The van der Waals surface area contributed by atoms with Gasteiger partial charge in [0.25, 0.3) is 0 Å². The lowest BCUT2D eigenvalue weighted by Gasteiger charge is -2.25. The molecule has 0 fully saturated rings. The SMILES string of the molecule is CC(CN(C)C(C)C)NCCc1ccccc1Cl. The van der Waals surface area contributed by atoms with Gasteiger partial charge in [-0.15, -0.1) is 0 Å². The summed E-state index contributed by atoms with van der Waals surface area (Å²) >= 11 is 6.13. The van der Waals surface area contributed by atoms with Crippen LogP contribution >= 0.6 is 11.6 Å². The molecule has 0 aliphatic rings. The maximum atomic E-state index is 6.13. The number of benzene rings is 1. The van der Waals surface area contributed by atoms with E-state index in [2.05, 4.69) is 44.1 Å². The van der Waals surface area contributed by atoms with Gasteiger partial charge in [0.1, 0.15) is 0 Å². The number of hydrogen-bond donors (Lipinski definition) is 1. The smallest absolute Gasteiger partial charge is 0.0438 e. The largest absolute Gasteiger partial charge is 0.313 e. The van der Waals surface area contributed by atoms with E-state index in [9.17, 15) is 0 Å². The van der Waals surface area contributed by atoms with E-state index in [1.54, 1.807) is 0 Å². The van der Waals surface area contributed by atoms with Crippen molar-refractivity contribution >= 4 is 11.6 Å². The van der Waals surface area contributed by atoms with Crippen LogP contribution in [0.2, 0.25) is 5.02 Å². The first-order valence-electron chi connectivity index (χ1n) is 6.67. The van der Waals surface area contributed by atoms with Crippen molar-refractivity contribution in [2.75, 3.05) is 20.1 Å². The van der Waals surface area contributed by atoms with Gasteiger partial charge < -0.3 is 10.2 Å². The van der Waals surface area contributed by atoms with Crippen LogP contribution in [-0.2, 0) is 6.42 Å². The lowest BCUT2D eigenvalue weighted by atomic mass is 10.1. The van der Waals surface area contributed by atoms with E-state index in [1.165, 1.54) is 5.56 Å². The summed E-state index contributed by atoms with van der Waals surface area (Å²) in [6.07, 6.45) is 0.982. The van der Waals surface area contributed by atoms with Crippen molar-refractivity contribution in [1.82, 2.24) is 10.2 Å². The molecular formula is C15H25ClN2. The van der Waals surface area contributed by atoms with Gasteiger partial charge in [-0.1, -0.05) is 29.8 Å². The monoisotopic (exact) mass is 268 g/mol. The first-order valence-corrected chi connectivity index (χ1v) is 7.05. The quantitative estimate of drug-likeness (QED) is 0.817. The Kier molecular flexibility index (Phi) is 6.69.